The number of benzene rings is 1. The number of rotatable bonds is 3. The van der Waals surface area contributed by atoms with Crippen LogP contribution in [0.4, 0.5) is 0 Å². The Morgan fingerprint density at radius 1 is 1.19 bits per heavy atom. The van der Waals surface area contributed by atoms with E-state index in [1.54, 1.807) is 4.90 Å². The molecule has 2 aromatic heterocycles. The maximum atomic E-state index is 13.0. The summed E-state index contributed by atoms with van der Waals surface area (Å²) in [6, 6.07) is 5.92. The van der Waals surface area contributed by atoms with Crippen molar-refractivity contribution >= 4 is 16.9 Å². The molecule has 7 heteroatoms. The molecule has 0 unspecified atom stereocenters. The molecule has 1 atom stereocenters. The van der Waals surface area contributed by atoms with Crippen molar-refractivity contribution in [3.8, 4) is 0 Å². The van der Waals surface area contributed by atoms with Gasteiger partial charge in [-0.15, -0.1) is 0 Å². The minimum atomic E-state index is -0.345. The van der Waals surface area contributed by atoms with E-state index in [0.29, 0.717) is 18.3 Å². The number of carbonyl (C=O) groups is 1. The molecule has 0 spiro atoms. The number of aryl methyl sites for hydroxylation is 1. The number of nitrogens with one attached hydrogen (secondary N) is 2. The average molecular weight is 363 g/mol. The van der Waals surface area contributed by atoms with Gasteiger partial charge in [0.05, 0.1) is 17.1 Å². The number of nitrogens with zero attached hydrogens (tertiary/aromatic N) is 3. The number of aromatic nitrogens is 4. The number of likely N-dealkylation sites (tertiary alicyclic amines) is 1. The Morgan fingerprint density at radius 2 is 2.04 bits per heavy atom. The number of aromatic amines is 2. The van der Waals surface area contributed by atoms with Crippen LogP contribution in [0.1, 0.15) is 65.2 Å². The molecule has 1 saturated heterocycles. The highest BCUT2D eigenvalue weighted by Gasteiger charge is 2.34. The Kier molecular flexibility index (Phi) is 3.63. The van der Waals surface area contributed by atoms with E-state index in [0.717, 1.165) is 48.1 Å². The van der Waals surface area contributed by atoms with E-state index < -0.39 is 0 Å². The first kappa shape index (κ1) is 16.2. The minimum absolute atomic E-state index is 0.109. The molecule has 7 nitrogen and oxygen atoms in total. The largest absolute Gasteiger partial charge is 0.340 e. The van der Waals surface area contributed by atoms with Crippen molar-refractivity contribution in [2.45, 2.75) is 44.6 Å². The first-order valence-electron chi connectivity index (χ1n) is 9.46. The average Bonchev–Trinajstić information content (AvgIpc) is 3.24. The molecule has 3 heterocycles. The van der Waals surface area contributed by atoms with Gasteiger partial charge in [-0.1, -0.05) is 6.07 Å². The van der Waals surface area contributed by atoms with Crippen molar-refractivity contribution in [3.05, 3.63) is 57.5 Å². The fourth-order valence-corrected chi connectivity index (χ4v) is 3.88. The van der Waals surface area contributed by atoms with Crippen molar-refractivity contribution in [3.63, 3.8) is 0 Å². The van der Waals surface area contributed by atoms with Crippen LogP contribution in [0.3, 0.4) is 0 Å². The molecule has 3 aromatic rings. The van der Waals surface area contributed by atoms with Crippen LogP contribution in [0.25, 0.3) is 11.0 Å². The second-order valence-electron chi connectivity index (χ2n) is 7.58. The fraction of sp³-hybridized carbons (Fsp3) is 0.400. The molecule has 0 bridgehead atoms. The lowest BCUT2D eigenvalue weighted by atomic mass is 10.2. The van der Waals surface area contributed by atoms with Gasteiger partial charge in [-0.3, -0.25) is 9.59 Å². The van der Waals surface area contributed by atoms with Gasteiger partial charge in [0.2, 0.25) is 0 Å². The van der Waals surface area contributed by atoms with E-state index in [4.69, 9.17) is 0 Å². The third kappa shape index (κ3) is 2.83. The van der Waals surface area contributed by atoms with Gasteiger partial charge in [-0.25, -0.2) is 9.97 Å². The standard InChI is InChI=1S/C20H21N5O2/c1-11-4-7-14-15(9-11)23-18(22-14)16-3-2-8-25(16)20(27)13-10-21-17(12-5-6-12)24-19(13)26/h4,7,9-10,12,16H,2-3,5-6,8H2,1H3,(H,22,23)(H,21,24,26)/t16-/m0/s1. The quantitative estimate of drug-likeness (QED) is 0.748. The van der Waals surface area contributed by atoms with E-state index >= 15 is 0 Å². The van der Waals surface area contributed by atoms with Crippen LogP contribution >= 0.6 is 0 Å². The first-order valence-corrected chi connectivity index (χ1v) is 9.46. The van der Waals surface area contributed by atoms with Gasteiger partial charge in [-0.05, 0) is 50.3 Å². The summed E-state index contributed by atoms with van der Waals surface area (Å²) in [5.41, 5.74) is 2.78. The molecule has 2 N–H and O–H groups in total. The van der Waals surface area contributed by atoms with Crippen molar-refractivity contribution in [2.75, 3.05) is 6.54 Å². The molecule has 1 aliphatic heterocycles. The summed E-state index contributed by atoms with van der Waals surface area (Å²) in [7, 11) is 0. The van der Waals surface area contributed by atoms with E-state index in [1.165, 1.54) is 6.20 Å². The fourth-order valence-electron chi connectivity index (χ4n) is 3.88. The molecule has 1 saturated carbocycles. The molecule has 138 valence electrons. The zero-order valence-electron chi connectivity index (χ0n) is 15.2. The van der Waals surface area contributed by atoms with Crippen molar-refractivity contribution in [2.24, 2.45) is 0 Å². The predicted molar refractivity (Wildman–Crippen MR) is 101 cm³/mol. The summed E-state index contributed by atoms with van der Waals surface area (Å²) in [5.74, 6) is 1.55. The maximum absolute atomic E-state index is 13.0. The summed E-state index contributed by atoms with van der Waals surface area (Å²) in [4.78, 5) is 42.3. The SMILES string of the molecule is Cc1ccc2nc([C@@H]3CCCN3C(=O)c3cnc(C4CC4)[nH]c3=O)[nH]c2c1. The number of hydrogen-bond acceptors (Lipinski definition) is 4. The van der Waals surface area contributed by atoms with Gasteiger partial charge in [0.25, 0.3) is 11.5 Å². The third-order valence-electron chi connectivity index (χ3n) is 5.50. The molecule has 27 heavy (non-hydrogen) atoms. The van der Waals surface area contributed by atoms with Gasteiger partial charge >= 0.3 is 0 Å². The van der Waals surface area contributed by atoms with Crippen LogP contribution in [0, 0.1) is 6.92 Å². The summed E-state index contributed by atoms with van der Waals surface area (Å²) in [5, 5.41) is 0. The van der Waals surface area contributed by atoms with Crippen LogP contribution in [-0.4, -0.2) is 37.3 Å². The Hall–Kier alpha value is -2.96. The van der Waals surface area contributed by atoms with Gasteiger partial charge in [0.15, 0.2) is 0 Å². The minimum Gasteiger partial charge on any atom is -0.340 e. The molecule has 1 amide bonds. The van der Waals surface area contributed by atoms with E-state index in [9.17, 15) is 9.59 Å². The number of H-pyrrole nitrogens is 2. The lowest BCUT2D eigenvalue weighted by Gasteiger charge is -2.22. The maximum Gasteiger partial charge on any atom is 0.263 e. The number of carbonyl (C=O) groups excluding carboxylic acids is 1. The van der Waals surface area contributed by atoms with Crippen LogP contribution in [0.2, 0.25) is 0 Å². The van der Waals surface area contributed by atoms with E-state index in [2.05, 4.69) is 26.0 Å². The summed E-state index contributed by atoms with van der Waals surface area (Å²) in [6.45, 7) is 2.65. The topological polar surface area (TPSA) is 94.7 Å². The van der Waals surface area contributed by atoms with E-state index in [-0.39, 0.29) is 23.1 Å². The number of amides is 1. The van der Waals surface area contributed by atoms with Gasteiger partial charge in [0.1, 0.15) is 17.2 Å². The second kappa shape index (κ2) is 6.04. The predicted octanol–water partition coefficient (Wildman–Crippen LogP) is 2.81. The highest BCUT2D eigenvalue weighted by molar-refractivity contribution is 5.94. The Bertz CT molecular complexity index is 1100. The zero-order valence-corrected chi connectivity index (χ0v) is 15.2. The highest BCUT2D eigenvalue weighted by Crippen LogP contribution is 2.37. The van der Waals surface area contributed by atoms with Crippen LogP contribution in [-0.2, 0) is 0 Å². The highest BCUT2D eigenvalue weighted by atomic mass is 16.2. The first-order chi connectivity index (χ1) is 13.1. The van der Waals surface area contributed by atoms with Gasteiger partial charge in [0, 0.05) is 18.7 Å². The van der Waals surface area contributed by atoms with Gasteiger partial charge in [-0.2, -0.15) is 0 Å². The lowest BCUT2D eigenvalue weighted by Crippen LogP contribution is -2.35. The third-order valence-corrected chi connectivity index (χ3v) is 5.50. The second-order valence-corrected chi connectivity index (χ2v) is 7.58. The van der Waals surface area contributed by atoms with Crippen molar-refractivity contribution in [1.29, 1.82) is 0 Å². The van der Waals surface area contributed by atoms with Crippen molar-refractivity contribution in [1.82, 2.24) is 24.8 Å². The Balaban J connectivity index is 1.46. The zero-order chi connectivity index (χ0) is 18.5. The van der Waals surface area contributed by atoms with Crippen LogP contribution in [0.5, 0.6) is 0 Å². The smallest absolute Gasteiger partial charge is 0.263 e. The monoisotopic (exact) mass is 363 g/mol. The number of imidazole rings is 1. The summed E-state index contributed by atoms with van der Waals surface area (Å²) in [6.07, 6.45) is 5.26. The van der Waals surface area contributed by atoms with Crippen LogP contribution in [0.15, 0.2) is 29.2 Å². The molecule has 2 aliphatic rings. The summed E-state index contributed by atoms with van der Waals surface area (Å²) < 4.78 is 0. The molecule has 1 aromatic carbocycles. The number of fused-ring (bicyclic) bond motifs is 1. The molecule has 1 aliphatic carbocycles. The van der Waals surface area contributed by atoms with Gasteiger partial charge < -0.3 is 14.9 Å². The lowest BCUT2D eigenvalue weighted by molar-refractivity contribution is 0.0728. The molecule has 2 fully saturated rings. The summed E-state index contributed by atoms with van der Waals surface area (Å²) >= 11 is 0. The molecular formula is C20H21N5O2. The molecule has 0 radical (unpaired) electrons. The van der Waals surface area contributed by atoms with Crippen LogP contribution < -0.4 is 5.56 Å². The normalized spacial score (nSPS) is 19.7. The number of hydrogen-bond donors (Lipinski definition) is 2. The molecular weight excluding hydrogens is 342 g/mol. The van der Waals surface area contributed by atoms with E-state index in [1.807, 2.05) is 19.1 Å². The van der Waals surface area contributed by atoms with Crippen molar-refractivity contribution < 1.29 is 4.79 Å². The Labute approximate surface area is 155 Å². The Morgan fingerprint density at radius 3 is 2.81 bits per heavy atom. The molecule has 5 rings (SSSR count).